The van der Waals surface area contributed by atoms with Crippen LogP contribution in [-0.2, 0) is 9.59 Å². The van der Waals surface area contributed by atoms with Crippen molar-refractivity contribution in [3.05, 3.63) is 35.8 Å². The van der Waals surface area contributed by atoms with Crippen molar-refractivity contribution in [1.82, 2.24) is 21.2 Å². The van der Waals surface area contributed by atoms with Crippen molar-refractivity contribution in [2.75, 3.05) is 0 Å². The van der Waals surface area contributed by atoms with Crippen LogP contribution < -0.4 is 16.2 Å². The molecule has 1 heterocycles. The lowest BCUT2D eigenvalue weighted by Crippen LogP contribution is -2.51. The van der Waals surface area contributed by atoms with Gasteiger partial charge in [0, 0.05) is 10.9 Å². The second kappa shape index (κ2) is 7.58. The van der Waals surface area contributed by atoms with E-state index in [0.29, 0.717) is 23.7 Å². The SMILES string of the molecule is CC(C)C[C@H](NC(=O)c1cc2c(F)cccc2[nH]1)C(=O)NNC=O. The van der Waals surface area contributed by atoms with Crippen LogP contribution in [0.25, 0.3) is 10.9 Å². The number of H-pyrrole nitrogens is 1. The molecule has 7 nitrogen and oxygen atoms in total. The summed E-state index contributed by atoms with van der Waals surface area (Å²) in [6, 6.07) is 5.06. The van der Waals surface area contributed by atoms with E-state index in [-0.39, 0.29) is 11.6 Å². The van der Waals surface area contributed by atoms with Gasteiger partial charge in [0.1, 0.15) is 17.6 Å². The van der Waals surface area contributed by atoms with Crippen LogP contribution in [0.4, 0.5) is 4.39 Å². The number of aromatic amines is 1. The third-order valence-electron chi connectivity index (χ3n) is 3.44. The van der Waals surface area contributed by atoms with E-state index in [1.54, 1.807) is 6.07 Å². The highest BCUT2D eigenvalue weighted by Gasteiger charge is 2.23. The van der Waals surface area contributed by atoms with Gasteiger partial charge in [-0.25, -0.2) is 4.39 Å². The molecular weight excluding hydrogens is 315 g/mol. The minimum Gasteiger partial charge on any atom is -0.350 e. The molecule has 0 aliphatic rings. The van der Waals surface area contributed by atoms with E-state index in [1.165, 1.54) is 18.2 Å². The van der Waals surface area contributed by atoms with Crippen LogP contribution in [0.2, 0.25) is 0 Å². The van der Waals surface area contributed by atoms with Gasteiger partial charge in [-0.1, -0.05) is 19.9 Å². The highest BCUT2D eigenvalue weighted by atomic mass is 19.1. The average Bonchev–Trinajstić information content (AvgIpc) is 2.97. The highest BCUT2D eigenvalue weighted by Crippen LogP contribution is 2.18. The summed E-state index contributed by atoms with van der Waals surface area (Å²) in [6.45, 7) is 3.80. The van der Waals surface area contributed by atoms with Crippen molar-refractivity contribution in [3.63, 3.8) is 0 Å². The first-order chi connectivity index (χ1) is 11.4. The second-order valence-electron chi connectivity index (χ2n) is 5.79. The number of fused-ring (bicyclic) bond motifs is 1. The number of aromatic nitrogens is 1. The van der Waals surface area contributed by atoms with Crippen molar-refractivity contribution in [1.29, 1.82) is 0 Å². The molecule has 0 aliphatic carbocycles. The lowest BCUT2D eigenvalue weighted by Gasteiger charge is -2.19. The molecule has 0 bridgehead atoms. The molecule has 0 spiro atoms. The molecular formula is C16H19FN4O3. The smallest absolute Gasteiger partial charge is 0.268 e. The molecule has 1 aromatic carbocycles. The number of rotatable bonds is 7. The number of benzene rings is 1. The quantitative estimate of drug-likeness (QED) is 0.452. The van der Waals surface area contributed by atoms with Crippen LogP contribution >= 0.6 is 0 Å². The Hall–Kier alpha value is -2.90. The average molecular weight is 334 g/mol. The molecule has 4 N–H and O–H groups in total. The third-order valence-corrected chi connectivity index (χ3v) is 3.44. The molecule has 2 rings (SSSR count). The molecule has 1 atom stereocenters. The van der Waals surface area contributed by atoms with Crippen molar-refractivity contribution < 1.29 is 18.8 Å². The van der Waals surface area contributed by atoms with Gasteiger partial charge in [-0.3, -0.25) is 25.2 Å². The largest absolute Gasteiger partial charge is 0.350 e. The van der Waals surface area contributed by atoms with Gasteiger partial charge >= 0.3 is 0 Å². The van der Waals surface area contributed by atoms with Gasteiger partial charge < -0.3 is 10.3 Å². The van der Waals surface area contributed by atoms with Gasteiger partial charge in [0.15, 0.2) is 0 Å². The fourth-order valence-electron chi connectivity index (χ4n) is 2.37. The van der Waals surface area contributed by atoms with E-state index in [4.69, 9.17) is 0 Å². The summed E-state index contributed by atoms with van der Waals surface area (Å²) < 4.78 is 13.7. The summed E-state index contributed by atoms with van der Waals surface area (Å²) in [6.07, 6.45) is 0.708. The molecule has 0 radical (unpaired) electrons. The first kappa shape index (κ1) is 17.5. The van der Waals surface area contributed by atoms with Gasteiger partial charge in [0.05, 0.1) is 0 Å². The summed E-state index contributed by atoms with van der Waals surface area (Å²) in [5.74, 6) is -1.36. The van der Waals surface area contributed by atoms with Gasteiger partial charge in [0.25, 0.3) is 11.8 Å². The number of carbonyl (C=O) groups excluding carboxylic acids is 3. The Labute approximate surface area is 138 Å². The lowest BCUT2D eigenvalue weighted by molar-refractivity contribution is -0.126. The van der Waals surface area contributed by atoms with E-state index < -0.39 is 23.7 Å². The zero-order chi connectivity index (χ0) is 17.7. The topological polar surface area (TPSA) is 103 Å². The molecule has 0 fully saturated rings. The lowest BCUT2D eigenvalue weighted by atomic mass is 10.0. The first-order valence-electron chi connectivity index (χ1n) is 7.49. The molecule has 0 unspecified atom stereocenters. The molecule has 1 aromatic heterocycles. The molecule has 8 heteroatoms. The second-order valence-corrected chi connectivity index (χ2v) is 5.79. The van der Waals surface area contributed by atoms with Gasteiger partial charge in [-0.15, -0.1) is 0 Å². The van der Waals surface area contributed by atoms with Crippen LogP contribution in [0.15, 0.2) is 24.3 Å². The van der Waals surface area contributed by atoms with Crippen LogP contribution in [0.1, 0.15) is 30.8 Å². The molecule has 128 valence electrons. The Kier molecular flexibility index (Phi) is 5.51. The predicted molar refractivity (Wildman–Crippen MR) is 86.3 cm³/mol. The number of hydrogen-bond donors (Lipinski definition) is 4. The number of halogens is 1. The Bertz CT molecular complexity index is 757. The van der Waals surface area contributed by atoms with Crippen molar-refractivity contribution in [2.24, 2.45) is 5.92 Å². The summed E-state index contributed by atoms with van der Waals surface area (Å²) in [5.41, 5.74) is 4.89. The highest BCUT2D eigenvalue weighted by molar-refractivity contribution is 6.00. The predicted octanol–water partition coefficient (Wildman–Crippen LogP) is 1.23. The van der Waals surface area contributed by atoms with Crippen molar-refractivity contribution >= 4 is 29.1 Å². The van der Waals surface area contributed by atoms with Gasteiger partial charge in [-0.05, 0) is 30.5 Å². The summed E-state index contributed by atoms with van der Waals surface area (Å²) >= 11 is 0. The van der Waals surface area contributed by atoms with Gasteiger partial charge in [-0.2, -0.15) is 0 Å². The minimum absolute atomic E-state index is 0.137. The summed E-state index contributed by atoms with van der Waals surface area (Å²) in [4.78, 5) is 37.5. The van der Waals surface area contributed by atoms with Crippen molar-refractivity contribution in [3.8, 4) is 0 Å². The maximum absolute atomic E-state index is 13.7. The Balaban J connectivity index is 2.17. The zero-order valence-corrected chi connectivity index (χ0v) is 13.4. The van der Waals surface area contributed by atoms with Crippen molar-refractivity contribution in [2.45, 2.75) is 26.3 Å². The first-order valence-corrected chi connectivity index (χ1v) is 7.49. The fraction of sp³-hybridized carbons (Fsp3) is 0.312. The molecule has 0 saturated heterocycles. The Morgan fingerprint density at radius 2 is 2.08 bits per heavy atom. The van der Waals surface area contributed by atoms with E-state index in [1.807, 2.05) is 13.8 Å². The molecule has 2 aromatic rings. The maximum atomic E-state index is 13.7. The third kappa shape index (κ3) is 4.09. The van der Waals surface area contributed by atoms with E-state index >= 15 is 0 Å². The summed E-state index contributed by atoms with van der Waals surface area (Å²) in [5, 5.41) is 2.89. The van der Waals surface area contributed by atoms with Gasteiger partial charge in [0.2, 0.25) is 6.41 Å². The molecule has 0 aliphatic heterocycles. The maximum Gasteiger partial charge on any atom is 0.268 e. The Morgan fingerprint density at radius 3 is 2.71 bits per heavy atom. The Morgan fingerprint density at radius 1 is 1.33 bits per heavy atom. The van der Waals surface area contributed by atoms with Crippen LogP contribution in [0.3, 0.4) is 0 Å². The number of nitrogens with one attached hydrogen (secondary N) is 4. The number of hydrazine groups is 1. The molecule has 3 amide bonds. The zero-order valence-electron chi connectivity index (χ0n) is 13.4. The van der Waals surface area contributed by atoms with Crippen LogP contribution in [-0.4, -0.2) is 29.3 Å². The minimum atomic E-state index is -0.832. The fourth-order valence-corrected chi connectivity index (χ4v) is 2.37. The molecule has 24 heavy (non-hydrogen) atoms. The standard InChI is InChI=1S/C16H19FN4O3/c1-9(2)6-13(16(24)21-18-8-22)20-15(23)14-7-10-11(17)4-3-5-12(10)19-14/h3-5,7-9,13,19H,6H2,1-2H3,(H,18,22)(H,20,23)(H,21,24)/t13-/m0/s1. The molecule has 0 saturated carbocycles. The van der Waals surface area contributed by atoms with E-state index in [2.05, 4.69) is 21.2 Å². The van der Waals surface area contributed by atoms with Crippen LogP contribution in [0.5, 0.6) is 0 Å². The van der Waals surface area contributed by atoms with E-state index in [0.717, 1.165) is 0 Å². The van der Waals surface area contributed by atoms with Crippen LogP contribution in [0, 0.1) is 11.7 Å². The monoisotopic (exact) mass is 334 g/mol. The normalized spacial score (nSPS) is 12.0. The summed E-state index contributed by atoms with van der Waals surface area (Å²) in [7, 11) is 0. The number of carbonyl (C=O) groups is 3. The number of amides is 3. The number of hydrogen-bond acceptors (Lipinski definition) is 3. The van der Waals surface area contributed by atoms with E-state index in [9.17, 15) is 18.8 Å².